The second-order valence-corrected chi connectivity index (χ2v) is 14.4. The SMILES string of the molecule is CO.O=CCCCCCCCCCCCCCCCCCCC(=O)NC(CCC(=O)NCCOCCOCC(=O)NCCOCCOCC(=O)ON1C(=O)CCC1=O)C(=O)O. The highest BCUT2D eigenvalue weighted by Gasteiger charge is 2.32. The number of ether oxygens (including phenoxy) is 4. The van der Waals surface area contributed by atoms with E-state index in [-0.39, 0.29) is 109 Å². The van der Waals surface area contributed by atoms with Gasteiger partial charge in [-0.15, -0.1) is 5.06 Å². The van der Waals surface area contributed by atoms with Crippen LogP contribution in [0.5, 0.6) is 0 Å². The molecule has 0 aromatic heterocycles. The Morgan fingerprint density at radius 2 is 1.03 bits per heavy atom. The average molecular weight is 875 g/mol. The minimum Gasteiger partial charge on any atom is -0.480 e. The number of carbonyl (C=O) groups is 8. The first kappa shape index (κ1) is 57.0. The summed E-state index contributed by atoms with van der Waals surface area (Å²) in [5.74, 6) is -4.25. The topological polar surface area (TPSA) is 262 Å². The van der Waals surface area contributed by atoms with E-state index in [2.05, 4.69) is 20.8 Å². The van der Waals surface area contributed by atoms with E-state index < -0.39 is 36.4 Å². The van der Waals surface area contributed by atoms with E-state index in [1.54, 1.807) is 0 Å². The van der Waals surface area contributed by atoms with Gasteiger partial charge in [-0.3, -0.25) is 24.0 Å². The summed E-state index contributed by atoms with van der Waals surface area (Å²) in [7, 11) is 1.00. The Morgan fingerprint density at radius 3 is 1.52 bits per heavy atom. The minimum atomic E-state index is -1.18. The molecule has 1 heterocycles. The van der Waals surface area contributed by atoms with Gasteiger partial charge in [-0.05, 0) is 19.3 Å². The molecule has 1 rings (SSSR count). The van der Waals surface area contributed by atoms with Crippen molar-refractivity contribution in [2.24, 2.45) is 0 Å². The van der Waals surface area contributed by atoms with Gasteiger partial charge in [0.2, 0.25) is 17.7 Å². The van der Waals surface area contributed by atoms with Crippen molar-refractivity contribution in [3.63, 3.8) is 0 Å². The second-order valence-electron chi connectivity index (χ2n) is 14.4. The second kappa shape index (κ2) is 41.3. The van der Waals surface area contributed by atoms with Crippen LogP contribution in [-0.2, 0) is 62.1 Å². The lowest BCUT2D eigenvalue weighted by Gasteiger charge is -2.14. The summed E-state index contributed by atoms with van der Waals surface area (Å²) in [4.78, 5) is 97.4. The number of hydrogen-bond donors (Lipinski definition) is 5. The summed E-state index contributed by atoms with van der Waals surface area (Å²) in [6, 6.07) is -1.14. The van der Waals surface area contributed by atoms with Gasteiger partial charge in [-0.1, -0.05) is 89.9 Å². The highest BCUT2D eigenvalue weighted by atomic mass is 16.7. The van der Waals surface area contributed by atoms with Crippen LogP contribution in [0.25, 0.3) is 0 Å². The number of rotatable bonds is 41. The van der Waals surface area contributed by atoms with Gasteiger partial charge < -0.3 is 54.7 Å². The van der Waals surface area contributed by atoms with Gasteiger partial charge in [0.05, 0.1) is 39.6 Å². The Morgan fingerprint density at radius 1 is 0.590 bits per heavy atom. The summed E-state index contributed by atoms with van der Waals surface area (Å²) in [5.41, 5.74) is 0. The number of aliphatic carboxylic acids is 1. The maximum atomic E-state index is 12.3. The maximum absolute atomic E-state index is 12.3. The third kappa shape index (κ3) is 35.3. The summed E-state index contributed by atoms with van der Waals surface area (Å²) < 4.78 is 21.0. The molecule has 0 bridgehead atoms. The molecular formula is C42H74N4O15. The third-order valence-corrected chi connectivity index (χ3v) is 9.30. The standard InChI is InChI=1S/C41H70N4O14.CH4O/c46-25-17-15-13-11-9-7-5-3-1-2-4-6-8-10-12-14-16-18-36(48)44-34(41(53)54)19-20-35(47)42-23-26-55-28-30-57-32-37(49)43-24-27-56-29-31-58-33-40(52)59-45-38(50)21-22-39(45)51;1-2/h25,34H,1-24,26-33H2,(H,42,47)(H,43,49)(H,44,48)(H,53,54);2H,1H3. The zero-order chi connectivity index (χ0) is 45.2. The molecule has 0 aromatic rings. The number of hydroxylamine groups is 2. The number of nitrogens with zero attached hydrogens (tertiary/aromatic N) is 1. The molecule has 1 unspecified atom stereocenters. The zero-order valence-corrected chi connectivity index (χ0v) is 36.4. The van der Waals surface area contributed by atoms with Crippen molar-refractivity contribution in [3.8, 4) is 0 Å². The van der Waals surface area contributed by atoms with Gasteiger partial charge >= 0.3 is 11.9 Å². The predicted octanol–water partition coefficient (Wildman–Crippen LogP) is 3.07. The quantitative estimate of drug-likeness (QED) is 0.0336. The number of nitrogens with one attached hydrogen (secondary N) is 3. The van der Waals surface area contributed by atoms with Crippen molar-refractivity contribution in [2.75, 3.05) is 73.1 Å². The molecule has 61 heavy (non-hydrogen) atoms. The van der Waals surface area contributed by atoms with Crippen LogP contribution in [0, 0.1) is 0 Å². The fourth-order valence-electron chi connectivity index (χ4n) is 6.00. The molecule has 0 spiro atoms. The average Bonchev–Trinajstić information content (AvgIpc) is 3.56. The van der Waals surface area contributed by atoms with Gasteiger partial charge in [0, 0.05) is 52.3 Å². The normalized spacial score (nSPS) is 12.7. The van der Waals surface area contributed by atoms with Crippen LogP contribution in [0.3, 0.4) is 0 Å². The molecule has 5 N–H and O–H groups in total. The van der Waals surface area contributed by atoms with Crippen molar-refractivity contribution in [2.45, 2.75) is 147 Å². The van der Waals surface area contributed by atoms with Crippen molar-refractivity contribution in [1.29, 1.82) is 0 Å². The molecule has 1 atom stereocenters. The molecule has 0 aliphatic carbocycles. The molecule has 1 aliphatic rings. The van der Waals surface area contributed by atoms with Gasteiger partial charge in [-0.25, -0.2) is 9.59 Å². The number of hydrogen-bond acceptors (Lipinski definition) is 14. The molecule has 1 saturated heterocycles. The number of unbranched alkanes of at least 4 members (excludes halogenated alkanes) is 16. The summed E-state index contributed by atoms with van der Waals surface area (Å²) in [5, 5.41) is 24.7. The van der Waals surface area contributed by atoms with E-state index in [0.29, 0.717) is 17.9 Å². The molecule has 0 radical (unpaired) electrons. The number of imide groups is 1. The first-order valence-corrected chi connectivity index (χ1v) is 22.0. The lowest BCUT2D eigenvalue weighted by Crippen LogP contribution is -2.41. The molecule has 1 fully saturated rings. The molecular weight excluding hydrogens is 800 g/mol. The smallest absolute Gasteiger partial charge is 0.358 e. The van der Waals surface area contributed by atoms with Gasteiger partial charge in [0.25, 0.3) is 11.8 Å². The fourth-order valence-corrected chi connectivity index (χ4v) is 6.00. The van der Waals surface area contributed by atoms with E-state index >= 15 is 0 Å². The van der Waals surface area contributed by atoms with Crippen LogP contribution in [0.4, 0.5) is 0 Å². The first-order chi connectivity index (χ1) is 29.6. The van der Waals surface area contributed by atoms with Crippen molar-refractivity contribution >= 4 is 47.8 Å². The monoisotopic (exact) mass is 875 g/mol. The molecule has 1 aliphatic heterocycles. The van der Waals surface area contributed by atoms with E-state index in [9.17, 15) is 43.5 Å². The van der Waals surface area contributed by atoms with Crippen molar-refractivity contribution < 1.29 is 72.4 Å². The summed E-state index contributed by atoms with van der Waals surface area (Å²) >= 11 is 0. The van der Waals surface area contributed by atoms with E-state index in [4.69, 9.17) is 24.1 Å². The zero-order valence-electron chi connectivity index (χ0n) is 36.4. The lowest BCUT2D eigenvalue weighted by atomic mass is 10.0. The van der Waals surface area contributed by atoms with Crippen LogP contribution in [-0.4, -0.2) is 142 Å². The minimum absolute atomic E-state index is 0.00417. The van der Waals surface area contributed by atoms with Crippen LogP contribution in [0.2, 0.25) is 0 Å². The largest absolute Gasteiger partial charge is 0.480 e. The van der Waals surface area contributed by atoms with Crippen molar-refractivity contribution in [1.82, 2.24) is 21.0 Å². The summed E-state index contributed by atoms with van der Waals surface area (Å²) in [6.07, 6.45) is 20.6. The lowest BCUT2D eigenvalue weighted by molar-refractivity contribution is -0.200. The van der Waals surface area contributed by atoms with Gasteiger partial charge in [-0.2, -0.15) is 0 Å². The number of amides is 5. The number of aliphatic hydroxyl groups is 1. The molecule has 19 nitrogen and oxygen atoms in total. The number of carbonyl (C=O) groups excluding carboxylic acids is 7. The Bertz CT molecular complexity index is 1210. The first-order valence-electron chi connectivity index (χ1n) is 22.0. The highest BCUT2D eigenvalue weighted by Crippen LogP contribution is 2.15. The predicted molar refractivity (Wildman–Crippen MR) is 223 cm³/mol. The van der Waals surface area contributed by atoms with Crippen LogP contribution in [0.15, 0.2) is 0 Å². The Kier molecular flexibility index (Phi) is 38.6. The number of carboxylic acids is 1. The van der Waals surface area contributed by atoms with Crippen molar-refractivity contribution in [3.05, 3.63) is 0 Å². The van der Waals surface area contributed by atoms with Crippen LogP contribution >= 0.6 is 0 Å². The number of aldehydes is 1. The maximum Gasteiger partial charge on any atom is 0.358 e. The Labute approximate surface area is 361 Å². The van der Waals surface area contributed by atoms with Crippen LogP contribution < -0.4 is 16.0 Å². The Balaban J connectivity index is 0.0000177. The van der Waals surface area contributed by atoms with E-state index in [1.165, 1.54) is 70.6 Å². The van der Waals surface area contributed by atoms with Crippen LogP contribution in [0.1, 0.15) is 141 Å². The molecule has 0 aromatic carbocycles. The highest BCUT2D eigenvalue weighted by molar-refractivity contribution is 6.01. The van der Waals surface area contributed by atoms with E-state index in [1.807, 2.05) is 0 Å². The fraction of sp³-hybridized carbons (Fsp3) is 0.810. The Hall–Kier alpha value is -4.04. The number of carboxylic acid groups (broad SMARTS) is 1. The van der Waals surface area contributed by atoms with E-state index in [0.717, 1.165) is 39.1 Å². The van der Waals surface area contributed by atoms with Gasteiger partial charge in [0.1, 0.15) is 25.5 Å². The van der Waals surface area contributed by atoms with Gasteiger partial charge in [0.15, 0.2) is 0 Å². The third-order valence-electron chi connectivity index (χ3n) is 9.30. The molecule has 19 heteroatoms. The summed E-state index contributed by atoms with van der Waals surface area (Å²) in [6.45, 7) is 0.663. The number of aliphatic hydroxyl groups excluding tert-OH is 1. The molecule has 0 saturated carbocycles. The molecule has 5 amide bonds. The molecule has 352 valence electrons.